The van der Waals surface area contributed by atoms with E-state index in [1.54, 1.807) is 23.9 Å². The van der Waals surface area contributed by atoms with Crippen LogP contribution in [0.2, 0.25) is 0 Å². The largest absolute Gasteiger partial charge is 0.416 e. The lowest BCUT2D eigenvalue weighted by molar-refractivity contribution is -0.137. The van der Waals surface area contributed by atoms with Crippen molar-refractivity contribution in [3.8, 4) is 5.69 Å². The molecule has 0 saturated carbocycles. The number of urea groups is 1. The van der Waals surface area contributed by atoms with E-state index in [1.165, 1.54) is 34.5 Å². The number of carbonyl (C=O) groups is 1. The van der Waals surface area contributed by atoms with Crippen LogP contribution in [0.3, 0.4) is 0 Å². The highest BCUT2D eigenvalue weighted by atomic mass is 19.4. The van der Waals surface area contributed by atoms with Crippen LogP contribution in [0.4, 0.5) is 29.7 Å². The minimum absolute atomic E-state index is 0.0478. The Kier molecular flexibility index (Phi) is 6.52. The van der Waals surface area contributed by atoms with Crippen molar-refractivity contribution in [1.82, 2.24) is 24.4 Å². The average Bonchev–Trinajstić information content (AvgIpc) is 3.37. The summed E-state index contributed by atoms with van der Waals surface area (Å²) < 4.78 is 40.1. The van der Waals surface area contributed by atoms with Gasteiger partial charge in [-0.15, -0.1) is 0 Å². The first-order valence-electron chi connectivity index (χ1n) is 11.3. The zero-order chi connectivity index (χ0) is 26.4. The van der Waals surface area contributed by atoms with Crippen molar-refractivity contribution in [2.24, 2.45) is 5.92 Å². The summed E-state index contributed by atoms with van der Waals surface area (Å²) >= 11 is 0. The first kappa shape index (κ1) is 25.6. The van der Waals surface area contributed by atoms with E-state index in [0.29, 0.717) is 17.2 Å². The Hall–Kier alpha value is -3.50. The number of rotatable bonds is 6. The van der Waals surface area contributed by atoms with Crippen molar-refractivity contribution in [2.75, 3.05) is 17.3 Å². The van der Waals surface area contributed by atoms with Gasteiger partial charge < -0.3 is 14.8 Å². The number of anilines is 2. The summed E-state index contributed by atoms with van der Waals surface area (Å²) in [5.74, 6) is 0.560. The van der Waals surface area contributed by atoms with Gasteiger partial charge in [0.15, 0.2) is 0 Å². The predicted molar refractivity (Wildman–Crippen MR) is 131 cm³/mol. The zero-order valence-electron chi connectivity index (χ0n) is 20.2. The molecule has 8 nitrogen and oxygen atoms in total. The molecular weight excluding hydrogens is 469 g/mol. The quantitative estimate of drug-likeness (QED) is 0.530. The molecule has 1 N–H and O–H groups in total. The molecule has 2 atom stereocenters. The lowest BCUT2D eigenvalue weighted by Gasteiger charge is -2.37. The Labute approximate surface area is 209 Å². The first-order chi connectivity index (χ1) is 16.8. The Morgan fingerprint density at radius 2 is 1.75 bits per heavy atom. The highest BCUT2D eigenvalue weighted by Gasteiger charge is 2.50. The fourth-order valence-electron chi connectivity index (χ4n) is 4.27. The molecule has 3 heterocycles. The van der Waals surface area contributed by atoms with Crippen LogP contribution >= 0.6 is 0 Å². The number of carbonyl (C=O) groups excluding carboxylic acids is 1. The molecule has 1 aliphatic rings. The number of amides is 2. The molecule has 4 radical (unpaired) electrons. The number of aromatic nitrogens is 4. The minimum Gasteiger partial charge on any atom is -0.346 e. The fraction of sp³-hybridized carbons (Fsp3) is 0.391. The monoisotopic (exact) mass is 493 g/mol. The van der Waals surface area contributed by atoms with Crippen molar-refractivity contribution < 1.29 is 18.0 Å². The lowest BCUT2D eigenvalue weighted by atomic mass is 9.55. The summed E-state index contributed by atoms with van der Waals surface area (Å²) in [7, 11) is 14.1. The molecule has 1 aromatic carbocycles. The Balaban J connectivity index is 1.53. The van der Waals surface area contributed by atoms with Crippen molar-refractivity contribution in [1.29, 1.82) is 0 Å². The van der Waals surface area contributed by atoms with Crippen molar-refractivity contribution in [2.45, 2.75) is 44.4 Å². The molecule has 1 unspecified atom stereocenters. The minimum atomic E-state index is -4.40. The van der Waals surface area contributed by atoms with E-state index in [4.69, 9.17) is 15.7 Å². The van der Waals surface area contributed by atoms with Gasteiger partial charge in [0, 0.05) is 31.2 Å². The summed E-state index contributed by atoms with van der Waals surface area (Å²) in [6, 6.07) is 5.17. The second-order valence-corrected chi connectivity index (χ2v) is 9.14. The summed E-state index contributed by atoms with van der Waals surface area (Å²) in [6.45, 7) is 5.69. The molecule has 36 heavy (non-hydrogen) atoms. The average molecular weight is 493 g/mol. The van der Waals surface area contributed by atoms with E-state index in [2.05, 4.69) is 20.3 Å². The number of likely N-dealkylation sites (N-methyl/N-ethyl adjacent to an activating group) is 1. The van der Waals surface area contributed by atoms with Gasteiger partial charge in [0.25, 0.3) is 0 Å². The molecule has 184 valence electrons. The Morgan fingerprint density at radius 3 is 2.36 bits per heavy atom. The molecule has 2 aromatic heterocycles. The van der Waals surface area contributed by atoms with Crippen LogP contribution < -0.4 is 10.2 Å². The van der Waals surface area contributed by atoms with Gasteiger partial charge in [-0.3, -0.25) is 4.90 Å². The molecule has 3 aromatic rings. The van der Waals surface area contributed by atoms with E-state index in [-0.39, 0.29) is 23.9 Å². The van der Waals surface area contributed by atoms with E-state index in [9.17, 15) is 18.0 Å². The molecule has 0 aliphatic carbocycles. The van der Waals surface area contributed by atoms with Crippen LogP contribution in [0.15, 0.2) is 49.1 Å². The van der Waals surface area contributed by atoms with Crippen LogP contribution in [-0.2, 0) is 6.18 Å². The van der Waals surface area contributed by atoms with Gasteiger partial charge in [-0.2, -0.15) is 18.2 Å². The maximum atomic E-state index is 12.9. The van der Waals surface area contributed by atoms with Crippen LogP contribution in [0.1, 0.15) is 38.1 Å². The topological polar surface area (TPSA) is 79.2 Å². The third-order valence-electron chi connectivity index (χ3n) is 6.23. The predicted octanol–water partition coefficient (Wildman–Crippen LogP) is 3.74. The molecule has 13 heteroatoms. The Morgan fingerprint density at radius 1 is 1.08 bits per heavy atom. The van der Waals surface area contributed by atoms with Crippen molar-refractivity contribution >= 4 is 33.5 Å². The number of alkyl halides is 3. The number of benzene rings is 1. The summed E-state index contributed by atoms with van der Waals surface area (Å²) in [5.41, 5.74) is 0.432. The number of nitrogens with zero attached hydrogens (tertiary/aromatic N) is 6. The van der Waals surface area contributed by atoms with Crippen LogP contribution in [0, 0.1) is 5.92 Å². The summed E-state index contributed by atoms with van der Waals surface area (Å²) in [4.78, 5) is 28.8. The molecular formula is C23H24B2F3N7O. The van der Waals surface area contributed by atoms with Crippen LogP contribution in [0.25, 0.3) is 5.69 Å². The molecule has 1 saturated heterocycles. The van der Waals surface area contributed by atoms with Gasteiger partial charge >= 0.3 is 12.2 Å². The highest BCUT2D eigenvalue weighted by Crippen LogP contribution is 2.35. The normalized spacial score (nSPS) is 18.7. The molecule has 1 fully saturated rings. The van der Waals surface area contributed by atoms with Crippen LogP contribution in [0.5, 0.6) is 0 Å². The third kappa shape index (κ3) is 4.66. The van der Waals surface area contributed by atoms with Crippen LogP contribution in [-0.4, -0.2) is 64.6 Å². The summed E-state index contributed by atoms with van der Waals surface area (Å²) in [6.07, 6.45) is 0.345. The summed E-state index contributed by atoms with van der Waals surface area (Å²) in [5, 5.41) is 1.77. The van der Waals surface area contributed by atoms with Crippen molar-refractivity contribution in [3.63, 3.8) is 0 Å². The van der Waals surface area contributed by atoms with Gasteiger partial charge in [0.2, 0.25) is 5.95 Å². The molecule has 0 bridgehead atoms. The van der Waals surface area contributed by atoms with E-state index in [0.717, 1.165) is 12.1 Å². The van der Waals surface area contributed by atoms with E-state index in [1.807, 2.05) is 20.8 Å². The maximum Gasteiger partial charge on any atom is 0.416 e. The van der Waals surface area contributed by atoms with Gasteiger partial charge in [0.1, 0.15) is 5.82 Å². The number of hydrogen-bond acceptors (Lipinski definition) is 5. The second kappa shape index (κ2) is 9.18. The zero-order valence-corrected chi connectivity index (χ0v) is 20.2. The standard InChI is InChI=1S/C23H24B2F3N7O/c1-13(2)19-22(24,25)33(4)21(36)35(19)18-9-10-29-20(32-18)31-14(3)17-11-34(12-30-17)16-7-5-15(6-8-16)23(26,27)28/h5-14,19H,1-4H3,(H,29,31,32)/t14-,19?/m0/s1. The first-order valence-corrected chi connectivity index (χ1v) is 11.3. The number of hydrogen-bond donors (Lipinski definition) is 1. The van der Waals surface area contributed by atoms with Crippen molar-refractivity contribution in [3.05, 3.63) is 60.3 Å². The van der Waals surface area contributed by atoms with Gasteiger partial charge in [0.05, 0.1) is 39.3 Å². The maximum absolute atomic E-state index is 12.9. The molecule has 4 rings (SSSR count). The smallest absolute Gasteiger partial charge is 0.346 e. The molecule has 0 spiro atoms. The van der Waals surface area contributed by atoms with E-state index < -0.39 is 23.1 Å². The molecule has 2 amide bonds. The fourth-order valence-corrected chi connectivity index (χ4v) is 4.27. The number of halogens is 3. The molecule has 1 aliphatic heterocycles. The van der Waals surface area contributed by atoms with Gasteiger partial charge in [-0.1, -0.05) is 13.8 Å². The third-order valence-corrected chi connectivity index (χ3v) is 6.23. The second-order valence-electron chi connectivity index (χ2n) is 9.14. The van der Waals surface area contributed by atoms with Gasteiger partial charge in [-0.05, 0) is 48.5 Å². The number of imidazole rings is 1. The number of nitrogens with one attached hydrogen (secondary N) is 1. The Bertz CT molecular complexity index is 1250. The SMILES string of the molecule is [B]C1([B])C(C(C)C)N(c2ccnc(N[C@@H](C)c3cn(-c4ccc(C(F)(F)F)cc4)cn3)n2)C(=O)N1C. The highest BCUT2D eigenvalue weighted by molar-refractivity contribution is 6.43. The lowest BCUT2D eigenvalue weighted by Crippen LogP contribution is -2.54. The van der Waals surface area contributed by atoms with Gasteiger partial charge in [-0.25, -0.2) is 14.8 Å². The van der Waals surface area contributed by atoms with E-state index >= 15 is 0 Å².